The maximum absolute atomic E-state index is 8.66. The predicted molar refractivity (Wildman–Crippen MR) is 115 cm³/mol. The molecule has 2 unspecified atom stereocenters. The molecule has 4 rings (SSSR count). The van der Waals surface area contributed by atoms with Gasteiger partial charge in [0.05, 0.1) is 0 Å². The molecule has 1 aliphatic rings. The largest absolute Gasteiger partial charge is 0.305 e. The van der Waals surface area contributed by atoms with Crippen LogP contribution in [0.4, 0.5) is 0 Å². The van der Waals surface area contributed by atoms with Crippen molar-refractivity contribution in [2.45, 2.75) is 25.7 Å². The summed E-state index contributed by atoms with van der Waals surface area (Å²) in [5.74, 6) is 0.755. The number of hydrogen-bond donors (Lipinski definition) is 1. The quantitative estimate of drug-likeness (QED) is 0.472. The number of rotatable bonds is 6. The van der Waals surface area contributed by atoms with Crippen LogP contribution >= 0.6 is 0 Å². The zero-order valence-corrected chi connectivity index (χ0v) is 15.7. The molecule has 1 aliphatic carbocycles. The Morgan fingerprint density at radius 1 is 0.852 bits per heavy atom. The molecule has 0 saturated heterocycles. The Hall–Kier alpha value is -2.93. The van der Waals surface area contributed by atoms with E-state index in [1.807, 2.05) is 30.3 Å². The molecule has 0 heterocycles. The normalized spacial score (nSPS) is 16.5. The molecule has 3 aromatic carbocycles. The summed E-state index contributed by atoms with van der Waals surface area (Å²) in [7, 11) is 0. The second kappa shape index (κ2) is 7.75. The van der Waals surface area contributed by atoms with E-state index >= 15 is 0 Å². The second-order valence-corrected chi connectivity index (χ2v) is 7.29. The van der Waals surface area contributed by atoms with Crippen LogP contribution in [0, 0.1) is 11.3 Å². The lowest BCUT2D eigenvalue weighted by Crippen LogP contribution is -2.17. The van der Waals surface area contributed by atoms with Gasteiger partial charge in [-0.2, -0.15) is 0 Å². The lowest BCUT2D eigenvalue weighted by molar-refractivity contribution is 0.489. The molecule has 0 spiro atoms. The summed E-state index contributed by atoms with van der Waals surface area (Å²) < 4.78 is 0. The van der Waals surface area contributed by atoms with E-state index < -0.39 is 0 Å². The number of hydrogen-bond acceptors (Lipinski definition) is 1. The number of allylic oxidation sites excluding steroid dienone is 1. The second-order valence-electron chi connectivity index (χ2n) is 7.29. The Bertz CT molecular complexity index is 954. The van der Waals surface area contributed by atoms with Crippen LogP contribution in [-0.4, -0.2) is 5.71 Å². The first-order chi connectivity index (χ1) is 13.3. The van der Waals surface area contributed by atoms with Crippen LogP contribution < -0.4 is 0 Å². The minimum Gasteiger partial charge on any atom is -0.305 e. The van der Waals surface area contributed by atoms with Crippen LogP contribution in [0.25, 0.3) is 11.6 Å². The molecule has 0 aromatic heterocycles. The molecule has 1 nitrogen and oxygen atoms in total. The van der Waals surface area contributed by atoms with Crippen molar-refractivity contribution in [2.24, 2.45) is 5.92 Å². The average Bonchev–Trinajstić information content (AvgIpc) is 3.12. The molecular formula is C26H25N. The van der Waals surface area contributed by atoms with Crippen molar-refractivity contribution in [3.63, 3.8) is 0 Å². The fourth-order valence-corrected chi connectivity index (χ4v) is 4.27. The third kappa shape index (κ3) is 3.50. The van der Waals surface area contributed by atoms with Crippen LogP contribution in [0.1, 0.15) is 47.9 Å². The highest BCUT2D eigenvalue weighted by atomic mass is 14.4. The SMILES string of the molecule is CCC(CC(=N)c1ccccc1)C1C(c2ccccc2)=Cc2ccccc21. The first kappa shape index (κ1) is 17.5. The van der Waals surface area contributed by atoms with Gasteiger partial charge in [-0.1, -0.05) is 104 Å². The molecule has 0 fully saturated rings. The van der Waals surface area contributed by atoms with E-state index in [0.717, 1.165) is 24.1 Å². The molecule has 1 N–H and O–H groups in total. The molecular weight excluding hydrogens is 326 g/mol. The lowest BCUT2D eigenvalue weighted by Gasteiger charge is -2.27. The Kier molecular flexibility index (Phi) is 5.02. The van der Waals surface area contributed by atoms with Crippen LogP contribution in [0.2, 0.25) is 0 Å². The van der Waals surface area contributed by atoms with E-state index in [0.29, 0.717) is 11.8 Å². The van der Waals surface area contributed by atoms with Crippen molar-refractivity contribution in [3.8, 4) is 0 Å². The smallest absolute Gasteiger partial charge is 0.0389 e. The summed E-state index contributed by atoms with van der Waals surface area (Å²) in [5.41, 5.74) is 7.19. The predicted octanol–water partition coefficient (Wildman–Crippen LogP) is 6.81. The summed E-state index contributed by atoms with van der Waals surface area (Å²) in [5, 5.41) is 8.66. The van der Waals surface area contributed by atoms with E-state index in [1.165, 1.54) is 22.3 Å². The summed E-state index contributed by atoms with van der Waals surface area (Å²) in [6.07, 6.45) is 4.20. The minimum absolute atomic E-state index is 0.345. The van der Waals surface area contributed by atoms with E-state index in [1.54, 1.807) is 0 Å². The molecule has 3 aromatic rings. The van der Waals surface area contributed by atoms with Crippen LogP contribution in [0.15, 0.2) is 84.9 Å². The van der Waals surface area contributed by atoms with Gasteiger partial charge in [-0.05, 0) is 40.2 Å². The average molecular weight is 351 g/mol. The van der Waals surface area contributed by atoms with Crippen molar-refractivity contribution in [3.05, 3.63) is 107 Å². The van der Waals surface area contributed by atoms with E-state index in [9.17, 15) is 0 Å². The Morgan fingerprint density at radius 3 is 2.19 bits per heavy atom. The zero-order chi connectivity index (χ0) is 18.6. The maximum Gasteiger partial charge on any atom is 0.0389 e. The molecule has 0 radical (unpaired) electrons. The van der Waals surface area contributed by atoms with Gasteiger partial charge < -0.3 is 5.41 Å². The zero-order valence-electron chi connectivity index (χ0n) is 15.7. The number of nitrogens with one attached hydrogen (secondary N) is 1. The third-order valence-corrected chi connectivity index (χ3v) is 5.67. The van der Waals surface area contributed by atoms with Gasteiger partial charge in [0, 0.05) is 11.6 Å². The summed E-state index contributed by atoms with van der Waals surface area (Å²) >= 11 is 0. The van der Waals surface area contributed by atoms with Gasteiger partial charge >= 0.3 is 0 Å². The van der Waals surface area contributed by atoms with Gasteiger partial charge in [-0.25, -0.2) is 0 Å². The van der Waals surface area contributed by atoms with Crippen LogP contribution in [0.5, 0.6) is 0 Å². The maximum atomic E-state index is 8.66. The Morgan fingerprint density at radius 2 is 1.48 bits per heavy atom. The van der Waals surface area contributed by atoms with Gasteiger partial charge in [0.2, 0.25) is 0 Å². The van der Waals surface area contributed by atoms with Crippen molar-refractivity contribution in [1.82, 2.24) is 0 Å². The van der Waals surface area contributed by atoms with Gasteiger partial charge in [0.1, 0.15) is 0 Å². The highest BCUT2D eigenvalue weighted by molar-refractivity contribution is 5.99. The monoisotopic (exact) mass is 351 g/mol. The van der Waals surface area contributed by atoms with Gasteiger partial charge in [-0.3, -0.25) is 0 Å². The van der Waals surface area contributed by atoms with Gasteiger partial charge in [-0.15, -0.1) is 0 Å². The highest BCUT2D eigenvalue weighted by Crippen LogP contribution is 2.48. The molecule has 27 heavy (non-hydrogen) atoms. The highest BCUT2D eigenvalue weighted by Gasteiger charge is 2.32. The van der Waals surface area contributed by atoms with E-state index in [2.05, 4.69) is 67.6 Å². The first-order valence-electron chi connectivity index (χ1n) is 9.76. The minimum atomic E-state index is 0.345. The molecule has 0 saturated carbocycles. The van der Waals surface area contributed by atoms with Gasteiger partial charge in [0.15, 0.2) is 0 Å². The van der Waals surface area contributed by atoms with Crippen LogP contribution in [-0.2, 0) is 0 Å². The number of fused-ring (bicyclic) bond motifs is 1. The Labute approximate surface area is 161 Å². The summed E-state index contributed by atoms with van der Waals surface area (Å²) in [6, 6.07) is 29.6. The van der Waals surface area contributed by atoms with Crippen LogP contribution in [0.3, 0.4) is 0 Å². The third-order valence-electron chi connectivity index (χ3n) is 5.67. The Balaban J connectivity index is 1.69. The van der Waals surface area contributed by atoms with Crippen molar-refractivity contribution in [2.75, 3.05) is 0 Å². The lowest BCUT2D eigenvalue weighted by atomic mass is 9.76. The summed E-state index contributed by atoms with van der Waals surface area (Å²) in [4.78, 5) is 0. The molecule has 2 atom stereocenters. The molecule has 1 heteroatoms. The molecule has 0 bridgehead atoms. The van der Waals surface area contributed by atoms with Crippen molar-refractivity contribution >= 4 is 17.4 Å². The standard InChI is InChI=1S/C26H25N/c1-2-19(18-25(27)21-13-7-4-8-14-21)26-23-16-10-9-15-22(23)17-24(26)20-11-5-3-6-12-20/h3-17,19,26-27H,2,18H2,1H3. The van der Waals surface area contributed by atoms with E-state index in [4.69, 9.17) is 5.41 Å². The fourth-order valence-electron chi connectivity index (χ4n) is 4.27. The molecule has 0 aliphatic heterocycles. The van der Waals surface area contributed by atoms with E-state index in [-0.39, 0.29) is 0 Å². The number of benzene rings is 3. The molecule has 0 amide bonds. The van der Waals surface area contributed by atoms with Crippen molar-refractivity contribution < 1.29 is 0 Å². The topological polar surface area (TPSA) is 23.9 Å². The molecule has 134 valence electrons. The van der Waals surface area contributed by atoms with Gasteiger partial charge in [0.25, 0.3) is 0 Å². The summed E-state index contributed by atoms with van der Waals surface area (Å²) in [6.45, 7) is 2.26. The fraction of sp³-hybridized carbons (Fsp3) is 0.192. The van der Waals surface area contributed by atoms with Crippen molar-refractivity contribution in [1.29, 1.82) is 5.41 Å². The first-order valence-corrected chi connectivity index (χ1v) is 9.76.